The van der Waals surface area contributed by atoms with Crippen molar-refractivity contribution in [3.8, 4) is 5.75 Å². The van der Waals surface area contributed by atoms with E-state index in [1.807, 2.05) is 0 Å². The van der Waals surface area contributed by atoms with Crippen LogP contribution in [0.3, 0.4) is 0 Å². The molecule has 0 bridgehead atoms. The molecule has 1 aliphatic heterocycles. The predicted molar refractivity (Wildman–Crippen MR) is 128 cm³/mol. The second-order valence-electron chi connectivity index (χ2n) is 8.91. The minimum atomic E-state index is -4.03. The lowest BCUT2D eigenvalue weighted by molar-refractivity contribution is -0.117. The molecule has 9 nitrogen and oxygen atoms in total. The van der Waals surface area contributed by atoms with Gasteiger partial charge < -0.3 is 19.2 Å². The highest BCUT2D eigenvalue weighted by Crippen LogP contribution is 2.31. The van der Waals surface area contributed by atoms with Crippen LogP contribution in [0.1, 0.15) is 38.5 Å². The highest BCUT2D eigenvalue weighted by molar-refractivity contribution is 7.87. The standard InChI is InChI=1S/C24H28N4O5S/c29-14-12-17-3-1-2-13-28(17)18-6-9-20(10-7-18)34(31,32)33-19-8-11-21-22(15-19)26-24(25-21)27-23(30)16-4-5-16/h6-11,15-17,29H,1-5,12-14H2,(H2,25,26,27,30). The van der Waals surface area contributed by atoms with Gasteiger partial charge in [0.2, 0.25) is 11.9 Å². The largest absolute Gasteiger partial charge is 0.396 e. The third-order valence-electron chi connectivity index (χ3n) is 6.40. The van der Waals surface area contributed by atoms with Crippen molar-refractivity contribution in [3.63, 3.8) is 0 Å². The minimum absolute atomic E-state index is 0.0547. The molecule has 1 unspecified atom stereocenters. The summed E-state index contributed by atoms with van der Waals surface area (Å²) in [6, 6.07) is 11.7. The molecule has 1 saturated carbocycles. The average Bonchev–Trinajstić information content (AvgIpc) is 3.60. The molecule has 3 N–H and O–H groups in total. The molecule has 34 heavy (non-hydrogen) atoms. The molecular weight excluding hydrogens is 456 g/mol. The molecule has 2 heterocycles. The van der Waals surface area contributed by atoms with E-state index in [1.54, 1.807) is 36.4 Å². The Hall–Kier alpha value is -3.11. The van der Waals surface area contributed by atoms with Crippen molar-refractivity contribution >= 4 is 38.7 Å². The maximum atomic E-state index is 12.9. The average molecular weight is 485 g/mol. The number of rotatable bonds is 8. The smallest absolute Gasteiger partial charge is 0.339 e. The third-order valence-corrected chi connectivity index (χ3v) is 7.66. The molecule has 10 heteroatoms. The van der Waals surface area contributed by atoms with Gasteiger partial charge in [0.15, 0.2) is 0 Å². The number of amides is 1. The SMILES string of the molecule is O=C(Nc1nc2ccc(OS(=O)(=O)c3ccc(N4CCCCC4CCO)cc3)cc2[nH]1)C1CC1. The van der Waals surface area contributed by atoms with Crippen molar-refractivity contribution in [3.05, 3.63) is 42.5 Å². The van der Waals surface area contributed by atoms with E-state index in [0.29, 0.717) is 23.4 Å². The van der Waals surface area contributed by atoms with Crippen LogP contribution in [-0.2, 0) is 14.9 Å². The quantitative estimate of drug-likeness (QED) is 0.419. The lowest BCUT2D eigenvalue weighted by Crippen LogP contribution is -2.40. The number of aliphatic hydroxyl groups excluding tert-OH is 1. The molecule has 2 fully saturated rings. The van der Waals surface area contributed by atoms with Gasteiger partial charge in [-0.1, -0.05) is 0 Å². The Labute approximate surface area is 198 Å². The number of aliphatic hydroxyl groups is 1. The van der Waals surface area contributed by atoms with Gasteiger partial charge in [-0.25, -0.2) is 4.98 Å². The van der Waals surface area contributed by atoms with E-state index >= 15 is 0 Å². The number of carbonyl (C=O) groups is 1. The van der Waals surface area contributed by atoms with Crippen molar-refractivity contribution in [1.29, 1.82) is 0 Å². The number of hydrogen-bond acceptors (Lipinski definition) is 7. The first-order valence-electron chi connectivity index (χ1n) is 11.7. The van der Waals surface area contributed by atoms with Crippen LogP contribution in [-0.4, -0.2) is 48.6 Å². The van der Waals surface area contributed by atoms with Crippen LogP contribution in [0.25, 0.3) is 11.0 Å². The normalized spacial score (nSPS) is 18.7. The first-order chi connectivity index (χ1) is 16.4. The van der Waals surface area contributed by atoms with Crippen molar-refractivity contribution in [2.45, 2.75) is 49.5 Å². The molecule has 180 valence electrons. The number of aromatic amines is 1. The molecule has 1 amide bonds. The van der Waals surface area contributed by atoms with Gasteiger partial charge in [0.25, 0.3) is 0 Å². The number of H-pyrrole nitrogens is 1. The van der Waals surface area contributed by atoms with Gasteiger partial charge in [-0.15, -0.1) is 0 Å². The van der Waals surface area contributed by atoms with E-state index < -0.39 is 10.1 Å². The number of nitrogens with one attached hydrogen (secondary N) is 2. The highest BCUT2D eigenvalue weighted by Gasteiger charge is 2.30. The summed E-state index contributed by atoms with van der Waals surface area (Å²) in [7, 11) is -4.03. The van der Waals surface area contributed by atoms with Crippen LogP contribution in [0.4, 0.5) is 11.6 Å². The monoisotopic (exact) mass is 484 g/mol. The number of benzene rings is 2. The first kappa shape index (κ1) is 22.7. The summed E-state index contributed by atoms with van der Waals surface area (Å²) in [5, 5.41) is 12.1. The zero-order valence-electron chi connectivity index (χ0n) is 18.7. The zero-order valence-corrected chi connectivity index (χ0v) is 19.6. The number of fused-ring (bicyclic) bond motifs is 1. The summed E-state index contributed by atoms with van der Waals surface area (Å²) in [6.07, 6.45) is 5.72. The van der Waals surface area contributed by atoms with Crippen molar-refractivity contribution in [2.75, 3.05) is 23.4 Å². The van der Waals surface area contributed by atoms with Crippen LogP contribution in [0.5, 0.6) is 5.75 Å². The summed E-state index contributed by atoms with van der Waals surface area (Å²) in [5.74, 6) is 0.479. The van der Waals surface area contributed by atoms with Crippen LogP contribution in [0, 0.1) is 5.92 Å². The molecule has 3 aromatic rings. The lowest BCUT2D eigenvalue weighted by Gasteiger charge is -2.37. The summed E-state index contributed by atoms with van der Waals surface area (Å²) in [6.45, 7) is 1.02. The summed E-state index contributed by atoms with van der Waals surface area (Å²) in [4.78, 5) is 21.6. The number of carbonyl (C=O) groups excluding carboxylic acids is 1. The van der Waals surface area contributed by atoms with Crippen molar-refractivity contribution < 1.29 is 22.5 Å². The van der Waals surface area contributed by atoms with Gasteiger partial charge in [0, 0.05) is 36.9 Å². The Bertz CT molecular complexity index is 1280. The number of piperidine rings is 1. The number of aromatic nitrogens is 2. The van der Waals surface area contributed by atoms with E-state index in [2.05, 4.69) is 20.2 Å². The maximum absolute atomic E-state index is 12.9. The predicted octanol–water partition coefficient (Wildman–Crippen LogP) is 3.42. The molecule has 0 radical (unpaired) electrons. The number of anilines is 2. The second kappa shape index (κ2) is 9.27. The summed E-state index contributed by atoms with van der Waals surface area (Å²) in [5.41, 5.74) is 2.10. The van der Waals surface area contributed by atoms with Crippen molar-refractivity contribution in [2.24, 2.45) is 5.92 Å². The Balaban J connectivity index is 1.30. The van der Waals surface area contributed by atoms with Crippen LogP contribution < -0.4 is 14.4 Å². The number of hydrogen-bond donors (Lipinski definition) is 3. The Morgan fingerprint density at radius 1 is 1.15 bits per heavy atom. The van der Waals surface area contributed by atoms with Crippen molar-refractivity contribution in [1.82, 2.24) is 9.97 Å². The molecule has 1 saturated heterocycles. The van der Waals surface area contributed by atoms with Crippen LogP contribution in [0.2, 0.25) is 0 Å². The summed E-state index contributed by atoms with van der Waals surface area (Å²) < 4.78 is 31.1. The third kappa shape index (κ3) is 4.88. The van der Waals surface area contributed by atoms with Gasteiger partial charge in [-0.05, 0) is 74.9 Å². The fraction of sp³-hybridized carbons (Fsp3) is 0.417. The topological polar surface area (TPSA) is 125 Å². The Kier molecular flexibility index (Phi) is 6.18. The molecule has 5 rings (SSSR count). The van der Waals surface area contributed by atoms with Crippen LogP contribution in [0.15, 0.2) is 47.4 Å². The molecule has 1 atom stereocenters. The fourth-order valence-corrected chi connectivity index (χ4v) is 5.36. The van der Waals surface area contributed by atoms with Gasteiger partial charge >= 0.3 is 10.1 Å². The molecular formula is C24H28N4O5S. The molecule has 2 aliphatic rings. The lowest BCUT2D eigenvalue weighted by atomic mass is 9.99. The van der Waals surface area contributed by atoms with Gasteiger partial charge in [-0.2, -0.15) is 8.42 Å². The number of nitrogens with zero attached hydrogens (tertiary/aromatic N) is 2. The van der Waals surface area contributed by atoms with E-state index in [1.165, 1.54) is 6.07 Å². The fourth-order valence-electron chi connectivity index (χ4n) is 4.43. The van der Waals surface area contributed by atoms with Gasteiger partial charge in [0.05, 0.1) is 11.0 Å². The van der Waals surface area contributed by atoms with E-state index in [9.17, 15) is 18.3 Å². The van der Waals surface area contributed by atoms with E-state index in [4.69, 9.17) is 4.18 Å². The van der Waals surface area contributed by atoms with E-state index in [0.717, 1.165) is 44.3 Å². The molecule has 1 aromatic heterocycles. The number of imidazole rings is 1. The molecule has 1 aliphatic carbocycles. The minimum Gasteiger partial charge on any atom is -0.396 e. The Morgan fingerprint density at radius 2 is 1.94 bits per heavy atom. The van der Waals surface area contributed by atoms with Crippen LogP contribution >= 0.6 is 0 Å². The Morgan fingerprint density at radius 3 is 2.68 bits per heavy atom. The highest BCUT2D eigenvalue weighted by atomic mass is 32.2. The second-order valence-corrected chi connectivity index (χ2v) is 10.5. The summed E-state index contributed by atoms with van der Waals surface area (Å²) >= 11 is 0. The van der Waals surface area contributed by atoms with E-state index in [-0.39, 0.29) is 35.1 Å². The molecule has 0 spiro atoms. The van der Waals surface area contributed by atoms with Gasteiger partial charge in [-0.3, -0.25) is 10.1 Å². The maximum Gasteiger partial charge on any atom is 0.339 e. The first-order valence-corrected chi connectivity index (χ1v) is 13.1. The van der Waals surface area contributed by atoms with Gasteiger partial charge in [0.1, 0.15) is 10.6 Å². The zero-order chi connectivity index (χ0) is 23.7. The molecule has 2 aromatic carbocycles.